The van der Waals surface area contributed by atoms with Crippen LogP contribution in [0.5, 0.6) is 0 Å². The molecule has 1 aromatic carbocycles. The number of H-pyrrole nitrogens is 1. The number of benzene rings is 1. The van der Waals surface area contributed by atoms with Crippen LogP contribution in [0.3, 0.4) is 0 Å². The van der Waals surface area contributed by atoms with Gasteiger partial charge in [0.15, 0.2) is 0 Å². The number of thioether (sulfide) groups is 1. The number of hydrogen-bond acceptors (Lipinski definition) is 12. The van der Waals surface area contributed by atoms with Crippen molar-refractivity contribution in [2.24, 2.45) is 10.4 Å². The third kappa shape index (κ3) is 12.8. The van der Waals surface area contributed by atoms with Gasteiger partial charge in [-0.3, -0.25) is 24.2 Å². The number of methoxy groups -OCH3 is 2. The maximum absolute atomic E-state index is 13.4. The van der Waals surface area contributed by atoms with Crippen LogP contribution in [0.1, 0.15) is 80.3 Å². The quantitative estimate of drug-likeness (QED) is 0.0893. The van der Waals surface area contributed by atoms with E-state index in [2.05, 4.69) is 24.6 Å². The molecule has 284 valence electrons. The molecule has 0 fully saturated rings. The molecule has 0 saturated heterocycles. The summed E-state index contributed by atoms with van der Waals surface area (Å²) in [7, 11) is 1.02. The number of esters is 5. The van der Waals surface area contributed by atoms with Crippen LogP contribution < -0.4 is 0 Å². The van der Waals surface area contributed by atoms with Crippen LogP contribution >= 0.6 is 11.8 Å². The molecule has 1 unspecified atom stereocenters. The number of aliphatic imine (C=N–C) groups is 1. The summed E-state index contributed by atoms with van der Waals surface area (Å²) < 4.78 is 26.7. The van der Waals surface area contributed by atoms with E-state index in [9.17, 15) is 24.0 Å². The number of aromatic nitrogens is 1. The standard InChI is InChI=1S/C38H52N2O10SSi/c1-37(2,3)50-34(43)32-25(16-17-30(41)46-6)26(20-31(42)47-7)27(39-32)21-28-38(4,5)22-29(40-28)51-33(35(44)48-18-19-52(8,9)10)36(45)49-23-24-14-12-11-13-15-24/h11-15,21,33,39H,16-20,22-23H2,1-10H3/b28-21-. The lowest BCUT2D eigenvalue weighted by molar-refractivity contribution is -0.154. The van der Waals surface area contributed by atoms with Crippen LogP contribution in [-0.2, 0) is 62.3 Å². The molecule has 12 nitrogen and oxygen atoms in total. The highest BCUT2D eigenvalue weighted by Crippen LogP contribution is 2.43. The van der Waals surface area contributed by atoms with Gasteiger partial charge in [0.2, 0.25) is 5.25 Å². The zero-order valence-electron chi connectivity index (χ0n) is 31.9. The molecule has 0 spiro atoms. The van der Waals surface area contributed by atoms with Crippen molar-refractivity contribution in [3.8, 4) is 0 Å². The summed E-state index contributed by atoms with van der Waals surface area (Å²) in [5, 5.41) is -0.789. The average Bonchev–Trinajstić information content (AvgIpc) is 3.54. The minimum atomic E-state index is -1.51. The first kappa shape index (κ1) is 42.2. The van der Waals surface area contributed by atoms with Crippen LogP contribution in [0.15, 0.2) is 41.0 Å². The molecule has 3 rings (SSSR count). The van der Waals surface area contributed by atoms with Crippen molar-refractivity contribution in [1.29, 1.82) is 0 Å². The summed E-state index contributed by atoms with van der Waals surface area (Å²) in [6.07, 6.45) is 1.96. The topological polar surface area (TPSA) is 160 Å². The molecule has 2 aromatic rings. The molecule has 0 bridgehead atoms. The highest BCUT2D eigenvalue weighted by molar-refractivity contribution is 8.15. The van der Waals surface area contributed by atoms with Crippen molar-refractivity contribution in [2.75, 3.05) is 20.8 Å². The number of hydrogen-bond donors (Lipinski definition) is 1. The van der Waals surface area contributed by atoms with Crippen molar-refractivity contribution in [2.45, 2.75) is 103 Å². The molecule has 52 heavy (non-hydrogen) atoms. The van der Waals surface area contributed by atoms with E-state index in [1.54, 1.807) is 26.8 Å². The number of carbonyl (C=O) groups excluding carboxylic acids is 5. The highest BCUT2D eigenvalue weighted by atomic mass is 32.2. The predicted molar refractivity (Wildman–Crippen MR) is 203 cm³/mol. The molecule has 0 saturated carbocycles. The molecule has 0 aliphatic carbocycles. The van der Waals surface area contributed by atoms with E-state index in [4.69, 9.17) is 28.7 Å². The average molecular weight is 757 g/mol. The maximum Gasteiger partial charge on any atom is 0.355 e. The first-order valence-corrected chi connectivity index (χ1v) is 21.8. The Hall–Kier alpha value is -4.17. The number of ether oxygens (including phenoxy) is 5. The zero-order chi connectivity index (χ0) is 38.9. The van der Waals surface area contributed by atoms with Crippen LogP contribution in [0.2, 0.25) is 25.7 Å². The van der Waals surface area contributed by atoms with Crippen LogP contribution in [-0.4, -0.2) is 79.6 Å². The molecular formula is C38H52N2O10SSi. The van der Waals surface area contributed by atoms with E-state index in [1.165, 1.54) is 14.2 Å². The first-order valence-electron chi connectivity index (χ1n) is 17.2. The molecule has 1 aliphatic rings. The fraction of sp³-hybridized carbons (Fsp3) is 0.526. The molecule has 1 N–H and O–H groups in total. The van der Waals surface area contributed by atoms with E-state index < -0.39 is 54.2 Å². The number of nitrogens with one attached hydrogen (secondary N) is 1. The van der Waals surface area contributed by atoms with E-state index in [0.717, 1.165) is 23.4 Å². The largest absolute Gasteiger partial charge is 0.469 e. The van der Waals surface area contributed by atoms with Crippen LogP contribution in [0.25, 0.3) is 6.08 Å². The number of carbonyl (C=O) groups is 5. The Bertz CT molecular complexity index is 1680. The van der Waals surface area contributed by atoms with Gasteiger partial charge >= 0.3 is 29.8 Å². The van der Waals surface area contributed by atoms with Gasteiger partial charge in [0.25, 0.3) is 0 Å². The third-order valence-corrected chi connectivity index (χ3v) is 10.9. The van der Waals surface area contributed by atoms with Crippen LogP contribution in [0, 0.1) is 5.41 Å². The Morgan fingerprint density at radius 3 is 2.19 bits per heavy atom. The van der Waals surface area contributed by atoms with Gasteiger partial charge in [0, 0.05) is 37.7 Å². The van der Waals surface area contributed by atoms with Gasteiger partial charge in [-0.05, 0) is 56.0 Å². The molecule has 0 amide bonds. The summed E-state index contributed by atoms with van der Waals surface area (Å²) in [6, 6.07) is 9.93. The van der Waals surface area contributed by atoms with E-state index >= 15 is 0 Å². The Balaban J connectivity index is 2.04. The van der Waals surface area contributed by atoms with Gasteiger partial charge in [-0.25, -0.2) is 4.79 Å². The lowest BCUT2D eigenvalue weighted by Gasteiger charge is -2.20. The van der Waals surface area contributed by atoms with Crippen molar-refractivity contribution in [1.82, 2.24) is 4.98 Å². The van der Waals surface area contributed by atoms with E-state index in [-0.39, 0.29) is 38.2 Å². The maximum atomic E-state index is 13.4. The Morgan fingerprint density at radius 1 is 0.962 bits per heavy atom. The van der Waals surface area contributed by atoms with Crippen molar-refractivity contribution in [3.05, 3.63) is 64.1 Å². The second-order valence-corrected chi connectivity index (χ2v) is 22.2. The predicted octanol–water partition coefficient (Wildman–Crippen LogP) is 6.69. The summed E-state index contributed by atoms with van der Waals surface area (Å²) in [5.41, 5.74) is 1.33. The van der Waals surface area contributed by atoms with Gasteiger partial charge in [-0.1, -0.05) is 75.6 Å². The normalized spacial score (nSPS) is 15.4. The lowest BCUT2D eigenvalue weighted by atomic mass is 9.87. The molecule has 1 aliphatic heterocycles. The number of rotatable bonds is 15. The number of nitrogens with zero attached hydrogens (tertiary/aromatic N) is 1. The zero-order valence-corrected chi connectivity index (χ0v) is 33.7. The van der Waals surface area contributed by atoms with Gasteiger partial charge in [0.05, 0.1) is 32.3 Å². The van der Waals surface area contributed by atoms with Gasteiger partial charge < -0.3 is 28.7 Å². The van der Waals surface area contributed by atoms with Gasteiger partial charge in [-0.15, -0.1) is 0 Å². The summed E-state index contributed by atoms with van der Waals surface area (Å²) >= 11 is 0.992. The van der Waals surface area contributed by atoms with E-state index in [0.29, 0.717) is 34.0 Å². The fourth-order valence-corrected chi connectivity index (χ4v) is 7.05. The molecule has 14 heteroatoms. The van der Waals surface area contributed by atoms with Crippen molar-refractivity contribution in [3.63, 3.8) is 0 Å². The molecule has 1 aromatic heterocycles. The Kier molecular flexibility index (Phi) is 14.7. The third-order valence-electron chi connectivity index (χ3n) is 8.02. The second kappa shape index (κ2) is 18.0. The Morgan fingerprint density at radius 2 is 1.60 bits per heavy atom. The van der Waals surface area contributed by atoms with Crippen molar-refractivity contribution < 1.29 is 47.7 Å². The lowest BCUT2D eigenvalue weighted by Crippen LogP contribution is -2.33. The molecule has 1 atom stereocenters. The minimum absolute atomic E-state index is 0.00384. The van der Waals surface area contributed by atoms with Crippen molar-refractivity contribution >= 4 is 60.8 Å². The summed E-state index contributed by atoms with van der Waals surface area (Å²) in [6.45, 7) is 15.8. The fourth-order valence-electron chi connectivity index (χ4n) is 5.14. The molecule has 2 heterocycles. The number of allylic oxidation sites excluding steroid dienone is 1. The Labute approximate surface area is 311 Å². The first-order chi connectivity index (χ1) is 24.2. The summed E-state index contributed by atoms with van der Waals surface area (Å²) in [5.74, 6) is -3.12. The summed E-state index contributed by atoms with van der Waals surface area (Å²) in [4.78, 5) is 73.0. The van der Waals surface area contributed by atoms with E-state index in [1.807, 2.05) is 44.2 Å². The number of aromatic amines is 1. The second-order valence-electron chi connectivity index (χ2n) is 15.4. The van der Waals surface area contributed by atoms with Gasteiger partial charge in [-0.2, -0.15) is 0 Å². The highest BCUT2D eigenvalue weighted by Gasteiger charge is 2.39. The molecular weight excluding hydrogens is 705 g/mol. The molecule has 0 radical (unpaired) electrons. The van der Waals surface area contributed by atoms with Gasteiger partial charge in [0.1, 0.15) is 17.9 Å². The van der Waals surface area contributed by atoms with Crippen LogP contribution in [0.4, 0.5) is 0 Å². The minimum Gasteiger partial charge on any atom is -0.469 e. The SMILES string of the molecule is COC(=O)CCc1c(C(=O)OC(C)(C)C)[nH]c(/C=C2\N=C(SC(C(=O)OCC[Si](C)(C)C)C(=O)OCc3ccccc3)CC2(C)C)c1CC(=O)OC. The smallest absolute Gasteiger partial charge is 0.355 e. The monoisotopic (exact) mass is 756 g/mol.